The number of carbonyl (C=O) groups excluding carboxylic acids is 1. The molecule has 0 fully saturated rings. The molecule has 12 heavy (non-hydrogen) atoms. The minimum Gasteiger partial charge on any atom is -0.413 e. The van der Waals surface area contributed by atoms with Gasteiger partial charge in [-0.15, -0.1) is 0 Å². The number of benzene rings is 1. The number of ether oxygens (including phenoxy) is 1. The molecule has 0 aliphatic rings. The second-order valence-electron chi connectivity index (χ2n) is 1.89. The predicted octanol–water partition coefficient (Wildman–Crippen LogP) is 3.84. The van der Waals surface area contributed by atoms with Crippen molar-refractivity contribution in [1.29, 1.82) is 0 Å². The van der Waals surface area contributed by atoms with Crippen LogP contribution in [0.4, 0.5) is 4.79 Å². The van der Waals surface area contributed by atoms with E-state index in [9.17, 15) is 4.79 Å². The summed E-state index contributed by atoms with van der Waals surface area (Å²) >= 11 is 13.9. The third kappa shape index (κ3) is 2.37. The number of carbonyl (C=O) groups is 1. The summed E-state index contributed by atoms with van der Waals surface area (Å²) in [4.78, 5) is 10.3. The Hall–Kier alpha value is -0.250. The SMILES string of the molecule is O=C(Cl)Oc1cccc(Br)c1Cl. The van der Waals surface area contributed by atoms with E-state index >= 15 is 0 Å². The van der Waals surface area contributed by atoms with Crippen LogP contribution < -0.4 is 4.74 Å². The van der Waals surface area contributed by atoms with Crippen molar-refractivity contribution in [3.63, 3.8) is 0 Å². The summed E-state index contributed by atoms with van der Waals surface area (Å²) in [6, 6.07) is 4.96. The highest BCUT2D eigenvalue weighted by atomic mass is 79.9. The zero-order chi connectivity index (χ0) is 9.14. The molecular formula is C7H3BrCl2O2. The molecule has 0 aliphatic carbocycles. The first kappa shape index (κ1) is 9.84. The Morgan fingerprint density at radius 2 is 2.17 bits per heavy atom. The van der Waals surface area contributed by atoms with Gasteiger partial charge in [-0.05, 0) is 28.1 Å². The Labute approximate surface area is 87.5 Å². The van der Waals surface area contributed by atoms with Crippen LogP contribution in [0, 0.1) is 0 Å². The van der Waals surface area contributed by atoms with E-state index in [2.05, 4.69) is 20.7 Å². The molecule has 0 amide bonds. The van der Waals surface area contributed by atoms with Crippen LogP contribution in [0.2, 0.25) is 5.02 Å². The summed E-state index contributed by atoms with van der Waals surface area (Å²) in [5.74, 6) is 0.242. The number of rotatable bonds is 1. The van der Waals surface area contributed by atoms with E-state index in [1.54, 1.807) is 18.2 Å². The van der Waals surface area contributed by atoms with Crippen LogP contribution in [0.5, 0.6) is 5.75 Å². The number of halogens is 3. The molecule has 1 rings (SSSR count). The van der Waals surface area contributed by atoms with Crippen LogP contribution >= 0.6 is 39.1 Å². The van der Waals surface area contributed by atoms with E-state index in [-0.39, 0.29) is 5.75 Å². The molecular weight excluding hydrogens is 267 g/mol. The highest BCUT2D eigenvalue weighted by Crippen LogP contribution is 2.31. The third-order valence-electron chi connectivity index (χ3n) is 1.11. The fourth-order valence-corrected chi connectivity index (χ4v) is 1.24. The minimum absolute atomic E-state index is 0.242. The zero-order valence-corrected chi connectivity index (χ0v) is 8.78. The van der Waals surface area contributed by atoms with Crippen LogP contribution in [0.3, 0.4) is 0 Å². The third-order valence-corrected chi connectivity index (χ3v) is 2.46. The van der Waals surface area contributed by atoms with Crippen molar-refractivity contribution in [2.45, 2.75) is 0 Å². The predicted molar refractivity (Wildman–Crippen MR) is 51.0 cm³/mol. The van der Waals surface area contributed by atoms with E-state index in [1.165, 1.54) is 0 Å². The Balaban J connectivity index is 3.00. The van der Waals surface area contributed by atoms with E-state index < -0.39 is 5.43 Å². The summed E-state index contributed by atoms with van der Waals surface area (Å²) in [7, 11) is 0. The van der Waals surface area contributed by atoms with Gasteiger partial charge >= 0.3 is 5.43 Å². The normalized spacial score (nSPS) is 9.58. The lowest BCUT2D eigenvalue weighted by molar-refractivity contribution is 0.225. The van der Waals surface area contributed by atoms with Gasteiger partial charge < -0.3 is 4.74 Å². The first-order valence-corrected chi connectivity index (χ1v) is 4.47. The first-order valence-electron chi connectivity index (χ1n) is 2.92. The molecule has 0 spiro atoms. The average Bonchev–Trinajstić information content (AvgIpc) is 1.98. The van der Waals surface area contributed by atoms with Gasteiger partial charge in [-0.1, -0.05) is 17.7 Å². The molecule has 2 nitrogen and oxygen atoms in total. The lowest BCUT2D eigenvalue weighted by Crippen LogP contribution is -1.96. The maximum Gasteiger partial charge on any atom is 0.409 e. The molecule has 0 atom stereocenters. The van der Waals surface area contributed by atoms with Crippen molar-refractivity contribution in [1.82, 2.24) is 0 Å². The largest absolute Gasteiger partial charge is 0.413 e. The Bertz CT molecular complexity index is 314. The number of hydrogen-bond donors (Lipinski definition) is 0. The van der Waals surface area contributed by atoms with Gasteiger partial charge in [0.1, 0.15) is 0 Å². The topological polar surface area (TPSA) is 26.3 Å². The molecule has 0 aromatic heterocycles. The van der Waals surface area contributed by atoms with Gasteiger partial charge in [0, 0.05) is 16.1 Å². The van der Waals surface area contributed by atoms with E-state index in [1.807, 2.05) is 0 Å². The van der Waals surface area contributed by atoms with Gasteiger partial charge in [-0.3, -0.25) is 0 Å². The number of hydrogen-bond acceptors (Lipinski definition) is 2. The summed E-state index contributed by atoms with van der Waals surface area (Å²) in [6.07, 6.45) is 0. The molecule has 5 heteroatoms. The first-order chi connectivity index (χ1) is 5.61. The average molecular weight is 270 g/mol. The van der Waals surface area contributed by atoms with Gasteiger partial charge in [0.05, 0.1) is 5.02 Å². The fourth-order valence-electron chi connectivity index (χ4n) is 0.649. The standard InChI is InChI=1S/C7H3BrCl2O2/c8-4-2-1-3-5(6(4)9)12-7(10)11/h1-3H. The van der Waals surface area contributed by atoms with Gasteiger partial charge in [0.2, 0.25) is 0 Å². The molecule has 0 aliphatic heterocycles. The monoisotopic (exact) mass is 268 g/mol. The summed E-state index contributed by atoms with van der Waals surface area (Å²) in [5.41, 5.74) is -0.907. The van der Waals surface area contributed by atoms with E-state index in [0.717, 1.165) is 0 Å². The highest BCUT2D eigenvalue weighted by Gasteiger charge is 2.07. The van der Waals surface area contributed by atoms with Crippen molar-refractivity contribution in [3.05, 3.63) is 27.7 Å². The van der Waals surface area contributed by atoms with Crippen LogP contribution in [-0.4, -0.2) is 5.43 Å². The molecule has 0 radical (unpaired) electrons. The van der Waals surface area contributed by atoms with E-state index in [4.69, 9.17) is 23.2 Å². The van der Waals surface area contributed by atoms with Gasteiger partial charge in [0.25, 0.3) is 0 Å². The van der Waals surface area contributed by atoms with Crippen LogP contribution in [0.15, 0.2) is 22.7 Å². The quantitative estimate of drug-likeness (QED) is 0.724. The minimum atomic E-state index is -0.907. The summed E-state index contributed by atoms with van der Waals surface area (Å²) < 4.78 is 5.24. The van der Waals surface area contributed by atoms with Gasteiger partial charge in [-0.25, -0.2) is 4.79 Å². The molecule has 0 bridgehead atoms. The lowest BCUT2D eigenvalue weighted by Gasteiger charge is -2.02. The van der Waals surface area contributed by atoms with Crippen molar-refractivity contribution in [3.8, 4) is 5.75 Å². The highest BCUT2D eigenvalue weighted by molar-refractivity contribution is 9.10. The Kier molecular flexibility index (Phi) is 3.38. The Morgan fingerprint density at radius 3 is 2.75 bits per heavy atom. The second kappa shape index (κ2) is 4.12. The summed E-state index contributed by atoms with van der Waals surface area (Å²) in [6.45, 7) is 0. The molecule has 0 unspecified atom stereocenters. The van der Waals surface area contributed by atoms with Crippen molar-refractivity contribution < 1.29 is 9.53 Å². The fraction of sp³-hybridized carbons (Fsp3) is 0. The van der Waals surface area contributed by atoms with Crippen molar-refractivity contribution in [2.24, 2.45) is 0 Å². The molecule has 1 aromatic rings. The molecule has 1 aromatic carbocycles. The van der Waals surface area contributed by atoms with Crippen LogP contribution in [0.25, 0.3) is 0 Å². The van der Waals surface area contributed by atoms with E-state index in [0.29, 0.717) is 9.50 Å². The van der Waals surface area contributed by atoms with Crippen LogP contribution in [0.1, 0.15) is 0 Å². The molecule has 0 saturated heterocycles. The molecule has 0 heterocycles. The molecule has 0 N–H and O–H groups in total. The van der Waals surface area contributed by atoms with Gasteiger partial charge in [-0.2, -0.15) is 0 Å². The summed E-state index contributed by atoms with van der Waals surface area (Å²) in [5, 5.41) is 0.325. The van der Waals surface area contributed by atoms with Gasteiger partial charge in [0.15, 0.2) is 5.75 Å². The zero-order valence-electron chi connectivity index (χ0n) is 5.68. The lowest BCUT2D eigenvalue weighted by atomic mass is 10.3. The van der Waals surface area contributed by atoms with Crippen molar-refractivity contribution >= 4 is 44.6 Å². The smallest absolute Gasteiger partial charge is 0.409 e. The second-order valence-corrected chi connectivity index (χ2v) is 3.43. The maximum atomic E-state index is 10.3. The molecule has 0 saturated carbocycles. The molecule has 64 valence electrons. The van der Waals surface area contributed by atoms with Crippen molar-refractivity contribution in [2.75, 3.05) is 0 Å². The Morgan fingerprint density at radius 1 is 1.50 bits per heavy atom. The van der Waals surface area contributed by atoms with Crippen LogP contribution in [-0.2, 0) is 0 Å². The maximum absolute atomic E-state index is 10.3.